The number of rotatable bonds is 7. The Hall–Kier alpha value is -1.16. The average Bonchev–Trinajstić information content (AvgIpc) is 3.16. The van der Waals surface area contributed by atoms with Gasteiger partial charge in [-0.2, -0.15) is 0 Å². The highest BCUT2D eigenvalue weighted by Crippen LogP contribution is 2.50. The molecule has 0 saturated carbocycles. The predicted octanol–water partition coefficient (Wildman–Crippen LogP) is -3.59. The highest BCUT2D eigenvalue weighted by Gasteiger charge is 2.45. The molecular formula is C10H15N6O9P2S-. The fourth-order valence-corrected chi connectivity index (χ4v) is 4.68. The summed E-state index contributed by atoms with van der Waals surface area (Å²) < 4.78 is 38.0. The number of ether oxygens (including phenoxy) is 1. The van der Waals surface area contributed by atoms with Gasteiger partial charge in [-0.1, -0.05) is 0 Å². The SMILES string of the molecule is Nc1ncnc2c1ncn2[C@@H]1O[C@H](COP(=O)([O-])OP(=O)([O-])[NH2+]S)[C@@H](O)[C@H]1O. The van der Waals surface area contributed by atoms with Gasteiger partial charge >= 0.3 is 7.75 Å². The van der Waals surface area contributed by atoms with E-state index in [9.17, 15) is 29.1 Å². The van der Waals surface area contributed by atoms with Crippen LogP contribution in [0.3, 0.4) is 0 Å². The van der Waals surface area contributed by atoms with Gasteiger partial charge in [0.1, 0.15) is 30.2 Å². The van der Waals surface area contributed by atoms with E-state index >= 15 is 0 Å². The molecule has 18 heteroatoms. The minimum atomic E-state index is -5.29. The lowest BCUT2D eigenvalue weighted by molar-refractivity contribution is -0.403. The van der Waals surface area contributed by atoms with E-state index in [1.54, 1.807) is 0 Å². The molecule has 15 nitrogen and oxygen atoms in total. The second-order valence-corrected chi connectivity index (χ2v) is 9.42. The molecular weight excluding hydrogens is 442 g/mol. The van der Waals surface area contributed by atoms with Gasteiger partial charge in [-0.25, -0.2) is 28.3 Å². The molecule has 156 valence electrons. The molecule has 3 rings (SSSR count). The number of phosphoric ester groups is 1. The molecule has 1 fully saturated rings. The summed E-state index contributed by atoms with van der Waals surface area (Å²) in [5.74, 6) is 0.0872. The van der Waals surface area contributed by atoms with Gasteiger partial charge in [-0.05, 0) is 0 Å². The first-order valence-electron chi connectivity index (χ1n) is 7.45. The highest BCUT2D eigenvalue weighted by atomic mass is 32.1. The molecule has 28 heavy (non-hydrogen) atoms. The van der Waals surface area contributed by atoms with Gasteiger partial charge in [0.25, 0.3) is 7.82 Å². The number of nitrogen functional groups attached to an aromatic ring is 1. The Bertz CT molecular complexity index is 961. The molecule has 1 aliphatic rings. The van der Waals surface area contributed by atoms with Gasteiger partial charge < -0.3 is 35.0 Å². The predicted molar refractivity (Wildman–Crippen MR) is 88.8 cm³/mol. The molecule has 0 spiro atoms. The van der Waals surface area contributed by atoms with Crippen LogP contribution < -0.4 is 20.0 Å². The number of quaternary nitrogens is 1. The van der Waals surface area contributed by atoms with Crippen LogP contribution in [0.1, 0.15) is 6.23 Å². The number of hydrogen-bond acceptors (Lipinski definition) is 14. The average molecular weight is 457 g/mol. The van der Waals surface area contributed by atoms with Crippen LogP contribution in [0.15, 0.2) is 12.7 Å². The van der Waals surface area contributed by atoms with E-state index in [4.69, 9.17) is 10.5 Å². The topological polar surface area (TPSA) is 235 Å². The molecule has 0 bridgehead atoms. The number of aromatic nitrogens is 4. The largest absolute Gasteiger partial charge is 0.756 e. The number of aliphatic hydroxyl groups excluding tert-OH is 2. The first-order chi connectivity index (χ1) is 13.0. The van der Waals surface area contributed by atoms with Crippen molar-refractivity contribution in [3.05, 3.63) is 12.7 Å². The zero-order valence-corrected chi connectivity index (χ0v) is 16.4. The summed E-state index contributed by atoms with van der Waals surface area (Å²) in [6.07, 6.45) is -3.21. The molecule has 6 N–H and O–H groups in total. The number of phosphoric acid groups is 1. The Morgan fingerprint density at radius 3 is 2.71 bits per heavy atom. The maximum Gasteiger partial charge on any atom is 0.343 e. The maximum absolute atomic E-state index is 11.6. The summed E-state index contributed by atoms with van der Waals surface area (Å²) in [5, 5.41) is 20.4. The summed E-state index contributed by atoms with van der Waals surface area (Å²) in [6.45, 7) is -0.828. The van der Waals surface area contributed by atoms with Crippen molar-refractivity contribution >= 4 is 45.4 Å². The second kappa shape index (κ2) is 7.93. The normalized spacial score (nSPS) is 29.6. The van der Waals surface area contributed by atoms with Gasteiger partial charge in [0.2, 0.25) is 0 Å². The molecule has 1 aliphatic heterocycles. The summed E-state index contributed by atoms with van der Waals surface area (Å²) in [6, 6.07) is 0. The van der Waals surface area contributed by atoms with Crippen molar-refractivity contribution in [2.75, 3.05) is 12.3 Å². The number of hydrogen-bond donors (Lipinski definition) is 5. The van der Waals surface area contributed by atoms with E-state index in [1.165, 1.54) is 17.2 Å². The molecule has 0 radical (unpaired) electrons. The smallest absolute Gasteiger partial charge is 0.343 e. The summed E-state index contributed by atoms with van der Waals surface area (Å²) in [4.78, 5) is 34.5. The van der Waals surface area contributed by atoms with E-state index < -0.39 is 46.7 Å². The quantitative estimate of drug-likeness (QED) is 0.200. The summed E-state index contributed by atoms with van der Waals surface area (Å²) in [7, 11) is -10.2. The number of nitrogens with two attached hydrogens (primary N) is 2. The van der Waals surface area contributed by atoms with Crippen molar-refractivity contribution < 1.29 is 47.2 Å². The van der Waals surface area contributed by atoms with Crippen molar-refractivity contribution in [2.24, 2.45) is 0 Å². The van der Waals surface area contributed by atoms with E-state index in [-0.39, 0.29) is 21.5 Å². The fraction of sp³-hybridized carbons (Fsp3) is 0.500. The Kier molecular flexibility index (Phi) is 6.10. The van der Waals surface area contributed by atoms with Crippen LogP contribution in [-0.2, 0) is 22.7 Å². The van der Waals surface area contributed by atoms with Gasteiger partial charge in [0.15, 0.2) is 17.7 Å². The minimum Gasteiger partial charge on any atom is -0.756 e. The number of thiol groups is 1. The summed E-state index contributed by atoms with van der Waals surface area (Å²) >= 11 is 3.31. The lowest BCUT2D eigenvalue weighted by Gasteiger charge is -2.28. The third kappa shape index (κ3) is 4.37. The van der Waals surface area contributed by atoms with Gasteiger partial charge in [0, 0.05) is 0 Å². The van der Waals surface area contributed by atoms with E-state index in [0.717, 1.165) is 0 Å². The molecule has 2 unspecified atom stereocenters. The summed E-state index contributed by atoms with van der Waals surface area (Å²) in [5.41, 5.74) is 6.12. The van der Waals surface area contributed by atoms with E-state index in [1.807, 2.05) is 0 Å². The van der Waals surface area contributed by atoms with Crippen molar-refractivity contribution in [3.63, 3.8) is 0 Å². The first kappa shape index (κ1) is 21.5. The molecule has 2 aromatic rings. The van der Waals surface area contributed by atoms with Crippen molar-refractivity contribution in [1.82, 2.24) is 19.5 Å². The zero-order valence-electron chi connectivity index (χ0n) is 13.7. The van der Waals surface area contributed by atoms with Crippen LogP contribution in [0.4, 0.5) is 5.82 Å². The van der Waals surface area contributed by atoms with Crippen LogP contribution in [0, 0.1) is 0 Å². The van der Waals surface area contributed by atoms with Gasteiger partial charge in [-0.3, -0.25) is 9.13 Å². The van der Waals surface area contributed by atoms with Crippen LogP contribution >= 0.6 is 28.4 Å². The Balaban J connectivity index is 1.73. The van der Waals surface area contributed by atoms with Gasteiger partial charge in [-0.15, -0.1) is 0 Å². The monoisotopic (exact) mass is 457 g/mol. The van der Waals surface area contributed by atoms with Crippen LogP contribution in [0.25, 0.3) is 11.2 Å². The molecule has 0 aliphatic carbocycles. The van der Waals surface area contributed by atoms with Crippen molar-refractivity contribution in [1.29, 1.82) is 0 Å². The third-order valence-corrected chi connectivity index (χ3v) is 7.06. The van der Waals surface area contributed by atoms with Gasteiger partial charge in [0.05, 0.1) is 25.7 Å². The fourth-order valence-electron chi connectivity index (χ4n) is 2.50. The molecule has 0 amide bonds. The number of nitrogens with zero attached hydrogens (tertiary/aromatic N) is 4. The molecule has 6 atom stereocenters. The van der Waals surface area contributed by atoms with Crippen molar-refractivity contribution in [3.8, 4) is 0 Å². The molecule has 3 heterocycles. The van der Waals surface area contributed by atoms with Crippen LogP contribution in [0.2, 0.25) is 0 Å². The Morgan fingerprint density at radius 1 is 1.32 bits per heavy atom. The van der Waals surface area contributed by atoms with E-state index in [0.29, 0.717) is 0 Å². The molecule has 2 aromatic heterocycles. The lowest BCUT2D eigenvalue weighted by Crippen LogP contribution is -2.69. The zero-order chi connectivity index (χ0) is 20.7. The first-order valence-corrected chi connectivity index (χ1v) is 11.0. The Labute approximate surface area is 162 Å². The minimum absolute atomic E-state index is 0.0872. The van der Waals surface area contributed by atoms with Crippen LogP contribution in [0.5, 0.6) is 0 Å². The third-order valence-electron chi connectivity index (χ3n) is 3.75. The highest BCUT2D eigenvalue weighted by molar-refractivity contribution is 7.77. The van der Waals surface area contributed by atoms with Crippen molar-refractivity contribution in [2.45, 2.75) is 24.5 Å². The molecule has 0 aromatic carbocycles. The Morgan fingerprint density at radius 2 is 2.04 bits per heavy atom. The standard InChI is InChI=1S/C10H16N6O9P2S/c11-8-5-9(13-2-12-8)16(3-14-5)10-7(18)6(17)4(24-10)1-23-27(21,22)25-26(19,20)15-28/h2-4,6-7,10,17-18,28H,1H2,(H,21,22)(H2,11,12,13)(H2,15,19,20)/p-1/t4-,6-,7-,10-/m1/s1. The number of fused-ring (bicyclic) bond motifs is 1. The lowest BCUT2D eigenvalue weighted by atomic mass is 10.1. The van der Waals surface area contributed by atoms with Crippen LogP contribution in [-0.4, -0.2) is 54.7 Å². The van der Waals surface area contributed by atoms with E-state index in [2.05, 4.69) is 36.6 Å². The maximum atomic E-state index is 11.6. The second-order valence-electron chi connectivity index (χ2n) is 5.61. The number of imidazole rings is 1. The molecule has 1 saturated heterocycles. The number of anilines is 1. The number of aliphatic hydroxyl groups is 2.